The molecule has 0 saturated heterocycles. The summed E-state index contributed by atoms with van der Waals surface area (Å²) in [6, 6.07) is 5.36. The number of nitrogens with two attached hydrogens (primary N) is 1. The molecule has 0 aliphatic heterocycles. The summed E-state index contributed by atoms with van der Waals surface area (Å²) in [5, 5.41) is 7.07. The molecule has 2 rings (SSSR count). The minimum absolute atomic E-state index is 0. The van der Waals surface area contributed by atoms with Crippen molar-refractivity contribution >= 4 is 18.3 Å². The summed E-state index contributed by atoms with van der Waals surface area (Å²) < 4.78 is 15.8. The lowest BCUT2D eigenvalue weighted by atomic mass is 10.2. The number of hydrogen-bond acceptors (Lipinski definition) is 7. The van der Waals surface area contributed by atoms with Gasteiger partial charge in [-0.2, -0.15) is 4.98 Å². The number of aromatic nitrogens is 2. The Balaban J connectivity index is 0.00000288. The number of benzene rings is 1. The zero-order valence-electron chi connectivity index (χ0n) is 13.7. The Labute approximate surface area is 146 Å². The molecule has 0 spiro atoms. The largest absolute Gasteiger partial charge is 0.493 e. The summed E-state index contributed by atoms with van der Waals surface area (Å²) in [7, 11) is 3.38. The number of halogens is 1. The molecule has 1 aromatic carbocycles. The number of rotatable bonds is 8. The highest BCUT2D eigenvalue weighted by atomic mass is 35.5. The van der Waals surface area contributed by atoms with Crippen LogP contribution in [0.25, 0.3) is 11.5 Å². The van der Waals surface area contributed by atoms with Gasteiger partial charge in [0.1, 0.15) is 0 Å². The predicted octanol–water partition coefficient (Wildman–Crippen LogP) is 1.18. The SMILES string of the molecule is CNC(C)Cc1noc(-c2ccc(OCC(N)=O)c(OC)c2)n1.Cl. The van der Waals surface area contributed by atoms with Crippen LogP contribution in [-0.4, -0.2) is 42.9 Å². The standard InChI is InChI=1S/C15H20N4O4.ClH/c1-9(17-2)6-14-18-15(23-19-14)10-4-5-11(12(7-10)21-3)22-8-13(16)20;/h4-5,7,9,17H,6,8H2,1-3H3,(H2,16,20);1H. The minimum Gasteiger partial charge on any atom is -0.493 e. The molecule has 1 atom stereocenters. The molecule has 3 N–H and O–H groups in total. The fourth-order valence-electron chi connectivity index (χ4n) is 1.90. The van der Waals surface area contributed by atoms with E-state index in [9.17, 15) is 4.79 Å². The highest BCUT2D eigenvalue weighted by Crippen LogP contribution is 2.31. The van der Waals surface area contributed by atoms with Crippen molar-refractivity contribution in [2.45, 2.75) is 19.4 Å². The number of ether oxygens (including phenoxy) is 2. The number of amides is 1. The molecule has 0 aliphatic carbocycles. The van der Waals surface area contributed by atoms with Crippen LogP contribution in [0.1, 0.15) is 12.7 Å². The lowest BCUT2D eigenvalue weighted by Gasteiger charge is -2.09. The van der Waals surface area contributed by atoms with E-state index in [2.05, 4.69) is 15.5 Å². The fourth-order valence-corrected chi connectivity index (χ4v) is 1.90. The Kier molecular flexibility index (Phi) is 7.47. The zero-order valence-corrected chi connectivity index (χ0v) is 14.6. The minimum atomic E-state index is -0.559. The first-order valence-corrected chi connectivity index (χ1v) is 7.12. The molecule has 0 saturated carbocycles. The van der Waals surface area contributed by atoms with Crippen molar-refractivity contribution in [1.29, 1.82) is 0 Å². The highest BCUT2D eigenvalue weighted by molar-refractivity contribution is 5.85. The molecule has 1 amide bonds. The quantitative estimate of drug-likeness (QED) is 0.730. The molecule has 9 heteroatoms. The first-order chi connectivity index (χ1) is 11.0. The molecule has 0 aliphatic rings. The predicted molar refractivity (Wildman–Crippen MR) is 90.4 cm³/mol. The smallest absolute Gasteiger partial charge is 0.258 e. The second kappa shape index (κ2) is 9.09. The maximum atomic E-state index is 10.8. The Hall–Kier alpha value is -2.32. The molecule has 0 fully saturated rings. The number of carbonyl (C=O) groups excluding carboxylic acids is 1. The fraction of sp³-hybridized carbons (Fsp3) is 0.400. The maximum absolute atomic E-state index is 10.8. The van der Waals surface area contributed by atoms with Gasteiger partial charge < -0.3 is 25.0 Å². The third kappa shape index (κ3) is 5.10. The molecule has 1 aromatic heterocycles. The summed E-state index contributed by atoms with van der Waals surface area (Å²) in [5.41, 5.74) is 5.76. The summed E-state index contributed by atoms with van der Waals surface area (Å²) >= 11 is 0. The number of methoxy groups -OCH3 is 1. The van der Waals surface area contributed by atoms with E-state index in [1.54, 1.807) is 18.2 Å². The van der Waals surface area contributed by atoms with Gasteiger partial charge in [0.15, 0.2) is 23.9 Å². The van der Waals surface area contributed by atoms with Gasteiger partial charge in [-0.1, -0.05) is 5.16 Å². The van der Waals surface area contributed by atoms with Crippen LogP contribution in [-0.2, 0) is 11.2 Å². The van der Waals surface area contributed by atoms with Crippen molar-refractivity contribution in [3.05, 3.63) is 24.0 Å². The van der Waals surface area contributed by atoms with E-state index in [0.29, 0.717) is 35.2 Å². The lowest BCUT2D eigenvalue weighted by molar-refractivity contribution is -0.119. The number of likely N-dealkylation sites (N-methyl/N-ethyl adjacent to an activating group) is 1. The normalized spacial score (nSPS) is 11.5. The number of nitrogens with one attached hydrogen (secondary N) is 1. The first kappa shape index (κ1) is 19.7. The van der Waals surface area contributed by atoms with E-state index < -0.39 is 5.91 Å². The Bertz CT molecular complexity index is 677. The number of nitrogens with zero attached hydrogens (tertiary/aromatic N) is 2. The van der Waals surface area contributed by atoms with Crippen LogP contribution in [0.15, 0.2) is 22.7 Å². The molecular formula is C15H21ClN4O4. The Morgan fingerprint density at radius 2 is 2.17 bits per heavy atom. The molecule has 0 bridgehead atoms. The van der Waals surface area contributed by atoms with Gasteiger partial charge >= 0.3 is 0 Å². The van der Waals surface area contributed by atoms with Crippen molar-refractivity contribution < 1.29 is 18.8 Å². The van der Waals surface area contributed by atoms with E-state index in [-0.39, 0.29) is 25.1 Å². The van der Waals surface area contributed by atoms with Crippen molar-refractivity contribution in [1.82, 2.24) is 15.5 Å². The van der Waals surface area contributed by atoms with Crippen LogP contribution in [0.5, 0.6) is 11.5 Å². The van der Waals surface area contributed by atoms with E-state index in [1.807, 2.05) is 14.0 Å². The molecule has 1 heterocycles. The average molecular weight is 357 g/mol. The lowest BCUT2D eigenvalue weighted by Crippen LogP contribution is -2.24. The summed E-state index contributed by atoms with van der Waals surface area (Å²) in [4.78, 5) is 15.2. The Morgan fingerprint density at radius 3 is 2.79 bits per heavy atom. The van der Waals surface area contributed by atoms with Gasteiger partial charge in [0.25, 0.3) is 11.8 Å². The number of primary amides is 1. The molecule has 2 aromatic rings. The van der Waals surface area contributed by atoms with Gasteiger partial charge in [-0.05, 0) is 32.2 Å². The van der Waals surface area contributed by atoms with Crippen LogP contribution >= 0.6 is 12.4 Å². The van der Waals surface area contributed by atoms with Crippen LogP contribution in [0.2, 0.25) is 0 Å². The van der Waals surface area contributed by atoms with Gasteiger partial charge in [-0.15, -0.1) is 12.4 Å². The van der Waals surface area contributed by atoms with Crippen molar-refractivity contribution in [2.75, 3.05) is 20.8 Å². The zero-order chi connectivity index (χ0) is 16.8. The molecular weight excluding hydrogens is 336 g/mol. The molecule has 0 radical (unpaired) electrons. The second-order valence-electron chi connectivity index (χ2n) is 5.03. The third-order valence-corrected chi connectivity index (χ3v) is 3.23. The molecule has 24 heavy (non-hydrogen) atoms. The van der Waals surface area contributed by atoms with E-state index in [4.69, 9.17) is 19.7 Å². The third-order valence-electron chi connectivity index (χ3n) is 3.23. The van der Waals surface area contributed by atoms with Gasteiger partial charge in [-0.3, -0.25) is 4.79 Å². The monoisotopic (exact) mass is 356 g/mol. The van der Waals surface area contributed by atoms with Gasteiger partial charge in [0.2, 0.25) is 0 Å². The molecule has 132 valence electrons. The summed E-state index contributed by atoms with van der Waals surface area (Å²) in [6.07, 6.45) is 0.664. The molecule has 8 nitrogen and oxygen atoms in total. The van der Waals surface area contributed by atoms with Crippen LogP contribution in [0, 0.1) is 0 Å². The van der Waals surface area contributed by atoms with Crippen molar-refractivity contribution in [3.8, 4) is 23.0 Å². The number of carbonyl (C=O) groups is 1. The highest BCUT2D eigenvalue weighted by Gasteiger charge is 2.14. The van der Waals surface area contributed by atoms with Gasteiger partial charge in [-0.25, -0.2) is 0 Å². The van der Waals surface area contributed by atoms with Crippen LogP contribution in [0.3, 0.4) is 0 Å². The second-order valence-corrected chi connectivity index (χ2v) is 5.03. The first-order valence-electron chi connectivity index (χ1n) is 7.12. The van der Waals surface area contributed by atoms with Gasteiger partial charge in [0, 0.05) is 18.0 Å². The average Bonchev–Trinajstić information content (AvgIpc) is 3.00. The molecule has 1 unspecified atom stereocenters. The summed E-state index contributed by atoms with van der Waals surface area (Å²) in [6.45, 7) is 1.81. The maximum Gasteiger partial charge on any atom is 0.258 e. The Morgan fingerprint density at radius 1 is 1.42 bits per heavy atom. The van der Waals surface area contributed by atoms with E-state index in [1.165, 1.54) is 7.11 Å². The van der Waals surface area contributed by atoms with Crippen LogP contribution < -0.4 is 20.5 Å². The topological polar surface area (TPSA) is 112 Å². The summed E-state index contributed by atoms with van der Waals surface area (Å²) in [5.74, 6) is 1.32. The van der Waals surface area contributed by atoms with Gasteiger partial charge in [0.05, 0.1) is 7.11 Å². The number of hydrogen-bond donors (Lipinski definition) is 2. The van der Waals surface area contributed by atoms with E-state index >= 15 is 0 Å². The van der Waals surface area contributed by atoms with E-state index in [0.717, 1.165) is 0 Å². The van der Waals surface area contributed by atoms with Crippen molar-refractivity contribution in [2.24, 2.45) is 5.73 Å². The van der Waals surface area contributed by atoms with Crippen LogP contribution in [0.4, 0.5) is 0 Å². The van der Waals surface area contributed by atoms with Crippen molar-refractivity contribution in [3.63, 3.8) is 0 Å².